The van der Waals surface area contributed by atoms with Crippen molar-refractivity contribution in [1.82, 2.24) is 0 Å². The second-order valence-electron chi connectivity index (χ2n) is 3.53. The lowest BCUT2D eigenvalue weighted by Gasteiger charge is -2.06. The van der Waals surface area contributed by atoms with Gasteiger partial charge in [-0.25, -0.2) is 0 Å². The molecule has 0 aliphatic heterocycles. The molecule has 1 heteroatoms. The molecule has 1 aromatic rings. The van der Waals surface area contributed by atoms with Crippen molar-refractivity contribution in [3.63, 3.8) is 0 Å². The van der Waals surface area contributed by atoms with E-state index in [1.165, 1.54) is 21.2 Å². The summed E-state index contributed by atoms with van der Waals surface area (Å²) in [6.07, 6.45) is 7.57. The van der Waals surface area contributed by atoms with E-state index in [2.05, 4.69) is 46.8 Å². The standard InChI is InChI=1S/C13H13Br/c1-2-3-5-10-8-9-11-6-4-7-12(14)13(10)11/h2,4,6-8H,1,3,5,9H2. The normalized spacial score (nSPS) is 13.6. The van der Waals surface area contributed by atoms with E-state index < -0.39 is 0 Å². The van der Waals surface area contributed by atoms with Crippen LogP contribution >= 0.6 is 15.9 Å². The number of fused-ring (bicyclic) bond motifs is 1. The Morgan fingerprint density at radius 2 is 2.29 bits per heavy atom. The summed E-state index contributed by atoms with van der Waals surface area (Å²) >= 11 is 3.61. The van der Waals surface area contributed by atoms with Crippen LogP contribution < -0.4 is 0 Å². The number of allylic oxidation sites excluding steroid dienone is 3. The first kappa shape index (κ1) is 9.72. The molecule has 0 amide bonds. The van der Waals surface area contributed by atoms with E-state index in [1.807, 2.05) is 6.08 Å². The fourth-order valence-corrected chi connectivity index (χ4v) is 2.58. The molecule has 72 valence electrons. The van der Waals surface area contributed by atoms with Gasteiger partial charge >= 0.3 is 0 Å². The van der Waals surface area contributed by atoms with Gasteiger partial charge in [-0.2, -0.15) is 0 Å². The number of hydrogen-bond acceptors (Lipinski definition) is 0. The third-order valence-electron chi connectivity index (χ3n) is 2.61. The summed E-state index contributed by atoms with van der Waals surface area (Å²) in [5, 5.41) is 0. The predicted octanol–water partition coefficient (Wildman–Crippen LogP) is 4.35. The summed E-state index contributed by atoms with van der Waals surface area (Å²) in [5.41, 5.74) is 4.32. The van der Waals surface area contributed by atoms with Crippen LogP contribution in [0, 0.1) is 0 Å². The molecule has 0 nitrogen and oxygen atoms in total. The highest BCUT2D eigenvalue weighted by Gasteiger charge is 2.15. The van der Waals surface area contributed by atoms with Crippen molar-refractivity contribution in [2.75, 3.05) is 0 Å². The van der Waals surface area contributed by atoms with Gasteiger partial charge in [0.25, 0.3) is 0 Å². The summed E-state index contributed by atoms with van der Waals surface area (Å²) in [7, 11) is 0. The number of benzene rings is 1. The van der Waals surface area contributed by atoms with Crippen LogP contribution in [0.15, 0.2) is 41.4 Å². The maximum Gasteiger partial charge on any atom is 0.0253 e. The van der Waals surface area contributed by atoms with Gasteiger partial charge in [-0.05, 0) is 42.0 Å². The minimum Gasteiger partial charge on any atom is -0.103 e. The highest BCUT2D eigenvalue weighted by molar-refractivity contribution is 9.10. The van der Waals surface area contributed by atoms with Crippen LogP contribution in [-0.4, -0.2) is 0 Å². The SMILES string of the molecule is C=CCCC1=CCc2cccc(Br)c21. The predicted molar refractivity (Wildman–Crippen MR) is 65.3 cm³/mol. The van der Waals surface area contributed by atoms with Crippen molar-refractivity contribution in [2.45, 2.75) is 19.3 Å². The minimum absolute atomic E-state index is 1.06. The lowest BCUT2D eigenvalue weighted by Crippen LogP contribution is -1.86. The van der Waals surface area contributed by atoms with E-state index in [4.69, 9.17) is 0 Å². The van der Waals surface area contributed by atoms with Gasteiger partial charge in [0.05, 0.1) is 0 Å². The molecule has 1 aliphatic rings. The van der Waals surface area contributed by atoms with Crippen molar-refractivity contribution in [1.29, 1.82) is 0 Å². The van der Waals surface area contributed by atoms with Crippen LogP contribution in [0.3, 0.4) is 0 Å². The first-order valence-electron chi connectivity index (χ1n) is 4.90. The average Bonchev–Trinajstić information content (AvgIpc) is 2.59. The third kappa shape index (κ3) is 1.69. The molecule has 0 saturated heterocycles. The molecule has 1 aromatic carbocycles. The Kier molecular flexibility index (Phi) is 2.87. The van der Waals surface area contributed by atoms with E-state index in [0.717, 1.165) is 19.3 Å². The van der Waals surface area contributed by atoms with Gasteiger partial charge in [0.2, 0.25) is 0 Å². The molecule has 0 spiro atoms. The van der Waals surface area contributed by atoms with E-state index in [9.17, 15) is 0 Å². The van der Waals surface area contributed by atoms with Gasteiger partial charge in [0.15, 0.2) is 0 Å². The topological polar surface area (TPSA) is 0 Å². The number of halogens is 1. The second kappa shape index (κ2) is 4.14. The van der Waals surface area contributed by atoms with Crippen LogP contribution in [0.5, 0.6) is 0 Å². The lowest BCUT2D eigenvalue weighted by molar-refractivity contribution is 1.07. The molecule has 0 aromatic heterocycles. The first-order chi connectivity index (χ1) is 6.83. The van der Waals surface area contributed by atoms with Gasteiger partial charge in [-0.1, -0.05) is 40.2 Å². The third-order valence-corrected chi connectivity index (χ3v) is 3.27. The molecule has 0 bridgehead atoms. The van der Waals surface area contributed by atoms with Crippen molar-refractivity contribution in [3.8, 4) is 0 Å². The highest BCUT2D eigenvalue weighted by Crippen LogP contribution is 2.35. The summed E-state index contributed by atoms with van der Waals surface area (Å²) in [6.45, 7) is 3.76. The largest absolute Gasteiger partial charge is 0.103 e. The number of hydrogen-bond donors (Lipinski definition) is 0. The fraction of sp³-hybridized carbons (Fsp3) is 0.231. The molecule has 0 N–H and O–H groups in total. The van der Waals surface area contributed by atoms with E-state index >= 15 is 0 Å². The molecule has 0 saturated carbocycles. The Balaban J connectivity index is 2.30. The van der Waals surface area contributed by atoms with Crippen molar-refractivity contribution in [2.24, 2.45) is 0 Å². The van der Waals surface area contributed by atoms with Gasteiger partial charge in [-0.3, -0.25) is 0 Å². The average molecular weight is 249 g/mol. The summed E-state index contributed by atoms with van der Waals surface area (Å²) in [4.78, 5) is 0. The van der Waals surface area contributed by atoms with Gasteiger partial charge in [-0.15, -0.1) is 6.58 Å². The van der Waals surface area contributed by atoms with E-state index in [-0.39, 0.29) is 0 Å². The van der Waals surface area contributed by atoms with Gasteiger partial charge < -0.3 is 0 Å². The highest BCUT2D eigenvalue weighted by atomic mass is 79.9. The monoisotopic (exact) mass is 248 g/mol. The van der Waals surface area contributed by atoms with Crippen LogP contribution in [-0.2, 0) is 6.42 Å². The minimum atomic E-state index is 1.06. The van der Waals surface area contributed by atoms with E-state index in [0.29, 0.717) is 0 Å². The Morgan fingerprint density at radius 3 is 3.07 bits per heavy atom. The summed E-state index contributed by atoms with van der Waals surface area (Å²) in [6, 6.07) is 6.43. The van der Waals surface area contributed by atoms with Gasteiger partial charge in [0.1, 0.15) is 0 Å². The molecule has 0 fully saturated rings. The molecule has 0 unspecified atom stereocenters. The zero-order valence-corrected chi connectivity index (χ0v) is 9.68. The van der Waals surface area contributed by atoms with Gasteiger partial charge in [0, 0.05) is 4.47 Å². The van der Waals surface area contributed by atoms with Crippen molar-refractivity contribution in [3.05, 3.63) is 52.5 Å². The molecule has 0 heterocycles. The van der Waals surface area contributed by atoms with Crippen LogP contribution in [0.25, 0.3) is 5.57 Å². The van der Waals surface area contributed by atoms with E-state index in [1.54, 1.807) is 0 Å². The Morgan fingerprint density at radius 1 is 1.43 bits per heavy atom. The maximum absolute atomic E-state index is 3.76. The molecule has 2 rings (SSSR count). The maximum atomic E-state index is 3.76. The zero-order valence-electron chi connectivity index (χ0n) is 8.09. The molecule has 1 aliphatic carbocycles. The molecule has 0 atom stereocenters. The molecular formula is C13H13Br. The Hall–Kier alpha value is -0.820. The van der Waals surface area contributed by atoms with Crippen molar-refractivity contribution < 1.29 is 0 Å². The zero-order chi connectivity index (χ0) is 9.97. The fourth-order valence-electron chi connectivity index (χ4n) is 1.92. The van der Waals surface area contributed by atoms with Crippen molar-refractivity contribution >= 4 is 21.5 Å². The smallest absolute Gasteiger partial charge is 0.0253 e. The van der Waals surface area contributed by atoms with Crippen LogP contribution in [0.2, 0.25) is 0 Å². The molecular weight excluding hydrogens is 236 g/mol. The lowest BCUT2D eigenvalue weighted by atomic mass is 10.0. The first-order valence-corrected chi connectivity index (χ1v) is 5.70. The summed E-state index contributed by atoms with van der Waals surface area (Å²) in [5.74, 6) is 0. The Bertz CT molecular complexity index is 388. The molecule has 14 heavy (non-hydrogen) atoms. The number of rotatable bonds is 3. The molecule has 0 radical (unpaired) electrons. The Labute approximate surface area is 93.5 Å². The summed E-state index contributed by atoms with van der Waals surface area (Å²) < 4.78 is 1.22. The van der Waals surface area contributed by atoms with Crippen LogP contribution in [0.1, 0.15) is 24.0 Å². The second-order valence-corrected chi connectivity index (χ2v) is 4.39. The quantitative estimate of drug-likeness (QED) is 0.698. The van der Waals surface area contributed by atoms with Crippen LogP contribution in [0.4, 0.5) is 0 Å².